The summed E-state index contributed by atoms with van der Waals surface area (Å²) in [6, 6.07) is 0. The van der Waals surface area contributed by atoms with Crippen LogP contribution in [-0.2, 0) is 9.47 Å². The topological polar surface area (TPSA) is 33.7 Å². The molecule has 0 saturated carbocycles. The molecule has 1 aliphatic carbocycles. The summed E-state index contributed by atoms with van der Waals surface area (Å²) in [4.78, 5) is 2.50. The third-order valence-corrected chi connectivity index (χ3v) is 5.11. The van der Waals surface area contributed by atoms with Crippen molar-refractivity contribution in [1.82, 2.24) is 10.2 Å². The molecule has 4 heteroatoms. The molecule has 0 spiro atoms. The molecule has 0 aromatic carbocycles. The third kappa shape index (κ3) is 2.95. The second-order valence-electron chi connectivity index (χ2n) is 6.59. The lowest BCUT2D eigenvalue weighted by Gasteiger charge is -2.33. The van der Waals surface area contributed by atoms with Gasteiger partial charge >= 0.3 is 0 Å². The van der Waals surface area contributed by atoms with Gasteiger partial charge in [-0.25, -0.2) is 0 Å². The SMILES string of the molecule is C1=C2CCNCCC2=CC2=C(C1)OCCN2C[C@@H]1CCCO1. The fourth-order valence-corrected chi connectivity index (χ4v) is 3.88. The average Bonchev–Trinajstić information content (AvgIpc) is 2.84. The van der Waals surface area contributed by atoms with E-state index in [0.717, 1.165) is 64.4 Å². The van der Waals surface area contributed by atoms with Crippen molar-refractivity contribution < 1.29 is 9.47 Å². The fraction of sp³-hybridized carbons (Fsp3) is 0.667. The molecule has 120 valence electrons. The van der Waals surface area contributed by atoms with Gasteiger partial charge in [-0.3, -0.25) is 0 Å². The minimum Gasteiger partial charge on any atom is -0.494 e. The highest BCUT2D eigenvalue weighted by molar-refractivity contribution is 5.42. The smallest absolute Gasteiger partial charge is 0.123 e. The molecule has 4 nitrogen and oxygen atoms in total. The molecule has 22 heavy (non-hydrogen) atoms. The maximum absolute atomic E-state index is 5.99. The third-order valence-electron chi connectivity index (χ3n) is 5.11. The summed E-state index contributed by atoms with van der Waals surface area (Å²) < 4.78 is 11.8. The Labute approximate surface area is 132 Å². The van der Waals surface area contributed by atoms with Crippen molar-refractivity contribution >= 4 is 0 Å². The minimum atomic E-state index is 0.400. The van der Waals surface area contributed by atoms with Gasteiger partial charge in [0.15, 0.2) is 0 Å². The number of allylic oxidation sites excluding steroid dienone is 2. The zero-order chi connectivity index (χ0) is 14.8. The van der Waals surface area contributed by atoms with E-state index in [0.29, 0.717) is 6.10 Å². The molecular formula is C18H26N2O2. The Morgan fingerprint density at radius 1 is 1.18 bits per heavy atom. The highest BCUT2D eigenvalue weighted by Crippen LogP contribution is 2.32. The zero-order valence-corrected chi connectivity index (χ0v) is 13.3. The predicted molar refractivity (Wildman–Crippen MR) is 86.4 cm³/mol. The Hall–Kier alpha value is -1.26. The second kappa shape index (κ2) is 6.47. The summed E-state index contributed by atoms with van der Waals surface area (Å²) in [7, 11) is 0. The van der Waals surface area contributed by atoms with Crippen molar-refractivity contribution in [2.45, 2.75) is 38.2 Å². The minimum absolute atomic E-state index is 0.400. The molecule has 0 amide bonds. The molecule has 4 aliphatic rings. The molecule has 1 atom stereocenters. The molecule has 2 fully saturated rings. The Morgan fingerprint density at radius 3 is 2.95 bits per heavy atom. The van der Waals surface area contributed by atoms with Gasteiger partial charge in [0, 0.05) is 19.6 Å². The predicted octanol–water partition coefficient (Wildman–Crippen LogP) is 2.35. The highest BCUT2D eigenvalue weighted by Gasteiger charge is 2.27. The highest BCUT2D eigenvalue weighted by atomic mass is 16.5. The van der Waals surface area contributed by atoms with Crippen LogP contribution in [0.4, 0.5) is 0 Å². The van der Waals surface area contributed by atoms with Crippen LogP contribution in [0.5, 0.6) is 0 Å². The van der Waals surface area contributed by atoms with E-state index in [-0.39, 0.29) is 0 Å². The van der Waals surface area contributed by atoms with Crippen LogP contribution < -0.4 is 5.32 Å². The van der Waals surface area contributed by atoms with Crippen LogP contribution in [0.3, 0.4) is 0 Å². The molecule has 0 unspecified atom stereocenters. The first kappa shape index (κ1) is 14.3. The van der Waals surface area contributed by atoms with Gasteiger partial charge in [-0.05, 0) is 56.0 Å². The first-order valence-electron chi connectivity index (χ1n) is 8.73. The van der Waals surface area contributed by atoms with Crippen LogP contribution in [-0.4, -0.2) is 50.4 Å². The molecule has 0 bridgehead atoms. The standard InChI is InChI=1S/C18H26N2O2/c1-2-16(21-10-1)13-20-9-11-22-18-4-3-14-5-7-19-8-6-15(14)12-17(18)20/h3,12,16,19H,1-2,4-11,13H2/t16-/m0/s1. The zero-order valence-electron chi connectivity index (χ0n) is 13.3. The first-order valence-corrected chi connectivity index (χ1v) is 8.73. The van der Waals surface area contributed by atoms with Crippen LogP contribution in [0, 0.1) is 0 Å². The Morgan fingerprint density at radius 2 is 2.09 bits per heavy atom. The van der Waals surface area contributed by atoms with E-state index in [9.17, 15) is 0 Å². The van der Waals surface area contributed by atoms with E-state index in [2.05, 4.69) is 22.4 Å². The Balaban J connectivity index is 1.59. The number of ether oxygens (including phenoxy) is 2. The van der Waals surface area contributed by atoms with Crippen molar-refractivity contribution in [1.29, 1.82) is 0 Å². The lowest BCUT2D eigenvalue weighted by Crippen LogP contribution is -2.37. The Bertz CT molecular complexity index is 515. The van der Waals surface area contributed by atoms with E-state index < -0.39 is 0 Å². The van der Waals surface area contributed by atoms with Gasteiger partial charge in [-0.2, -0.15) is 0 Å². The van der Waals surface area contributed by atoms with Crippen LogP contribution in [0.25, 0.3) is 0 Å². The van der Waals surface area contributed by atoms with Crippen LogP contribution in [0.1, 0.15) is 32.1 Å². The molecule has 3 aliphatic heterocycles. The average molecular weight is 302 g/mol. The van der Waals surface area contributed by atoms with Gasteiger partial charge in [-0.15, -0.1) is 0 Å². The number of hydrogen-bond donors (Lipinski definition) is 1. The van der Waals surface area contributed by atoms with Crippen LogP contribution in [0.15, 0.2) is 34.8 Å². The first-order chi connectivity index (χ1) is 10.9. The lowest BCUT2D eigenvalue weighted by atomic mass is 10.0. The van der Waals surface area contributed by atoms with Gasteiger partial charge < -0.3 is 19.7 Å². The Kier molecular flexibility index (Phi) is 4.22. The number of hydrogen-bond acceptors (Lipinski definition) is 4. The van der Waals surface area contributed by atoms with Crippen LogP contribution >= 0.6 is 0 Å². The number of rotatable bonds is 2. The monoisotopic (exact) mass is 302 g/mol. The number of nitrogens with zero attached hydrogens (tertiary/aromatic N) is 1. The summed E-state index contributed by atoms with van der Waals surface area (Å²) >= 11 is 0. The number of nitrogens with one attached hydrogen (secondary N) is 1. The van der Waals surface area contributed by atoms with E-state index in [4.69, 9.17) is 9.47 Å². The van der Waals surface area contributed by atoms with Crippen molar-refractivity contribution in [3.63, 3.8) is 0 Å². The van der Waals surface area contributed by atoms with Gasteiger partial charge in [0.05, 0.1) is 18.3 Å². The van der Waals surface area contributed by atoms with E-state index >= 15 is 0 Å². The van der Waals surface area contributed by atoms with Crippen molar-refractivity contribution in [2.75, 3.05) is 39.4 Å². The van der Waals surface area contributed by atoms with Crippen molar-refractivity contribution in [2.24, 2.45) is 0 Å². The second-order valence-corrected chi connectivity index (χ2v) is 6.59. The van der Waals surface area contributed by atoms with Crippen LogP contribution in [0.2, 0.25) is 0 Å². The van der Waals surface area contributed by atoms with Crippen molar-refractivity contribution in [3.05, 3.63) is 34.8 Å². The van der Waals surface area contributed by atoms with E-state index in [1.54, 1.807) is 0 Å². The van der Waals surface area contributed by atoms with Gasteiger partial charge in [0.1, 0.15) is 12.4 Å². The molecule has 0 radical (unpaired) electrons. The summed E-state index contributed by atoms with van der Waals surface area (Å²) in [6.45, 7) is 5.90. The quantitative estimate of drug-likeness (QED) is 0.849. The summed E-state index contributed by atoms with van der Waals surface area (Å²) in [5.74, 6) is 1.16. The largest absolute Gasteiger partial charge is 0.494 e. The maximum Gasteiger partial charge on any atom is 0.123 e. The molecule has 2 saturated heterocycles. The number of fused-ring (bicyclic) bond motifs is 1. The van der Waals surface area contributed by atoms with Gasteiger partial charge in [-0.1, -0.05) is 6.08 Å². The summed E-state index contributed by atoms with van der Waals surface area (Å²) in [5.41, 5.74) is 4.32. The molecule has 0 aromatic heterocycles. The van der Waals surface area contributed by atoms with E-state index in [1.807, 2.05) is 0 Å². The molecule has 3 heterocycles. The summed E-state index contributed by atoms with van der Waals surface area (Å²) in [5, 5.41) is 3.50. The molecule has 1 N–H and O–H groups in total. The van der Waals surface area contributed by atoms with E-state index in [1.165, 1.54) is 29.7 Å². The molecular weight excluding hydrogens is 276 g/mol. The normalized spacial score (nSPS) is 28.9. The molecule has 0 aromatic rings. The molecule has 4 rings (SSSR count). The maximum atomic E-state index is 5.99. The van der Waals surface area contributed by atoms with Gasteiger partial charge in [0.25, 0.3) is 0 Å². The fourth-order valence-electron chi connectivity index (χ4n) is 3.88. The summed E-state index contributed by atoms with van der Waals surface area (Å²) in [6.07, 6.45) is 10.8. The van der Waals surface area contributed by atoms with Gasteiger partial charge in [0.2, 0.25) is 0 Å². The van der Waals surface area contributed by atoms with Crippen molar-refractivity contribution in [3.8, 4) is 0 Å². The lowest BCUT2D eigenvalue weighted by molar-refractivity contribution is 0.0612.